The number of nitrogens with one attached hydrogen (secondary N) is 3. The van der Waals surface area contributed by atoms with E-state index in [1.807, 2.05) is 24.3 Å². The molecule has 2 fully saturated rings. The van der Waals surface area contributed by atoms with Crippen LogP contribution in [0, 0.1) is 5.92 Å². The Balaban J connectivity index is 1.20. The number of carbonyl (C=O) groups excluding carboxylic acids is 2. The molecule has 1 aromatic carbocycles. The zero-order chi connectivity index (χ0) is 20.9. The van der Waals surface area contributed by atoms with Gasteiger partial charge in [-0.3, -0.25) is 14.7 Å². The Labute approximate surface area is 178 Å². The number of rotatable bonds is 7. The third-order valence-electron chi connectivity index (χ3n) is 6.63. The quantitative estimate of drug-likeness (QED) is 0.631. The minimum absolute atomic E-state index is 0.0963. The molecule has 6 heteroatoms. The molecule has 3 N–H and O–H groups in total. The van der Waals surface area contributed by atoms with E-state index in [1.54, 1.807) is 0 Å². The molecule has 0 bridgehead atoms. The van der Waals surface area contributed by atoms with Gasteiger partial charge in [0.25, 0.3) is 0 Å². The van der Waals surface area contributed by atoms with Gasteiger partial charge < -0.3 is 10.6 Å². The summed E-state index contributed by atoms with van der Waals surface area (Å²) in [6.07, 6.45) is 7.80. The van der Waals surface area contributed by atoms with Crippen LogP contribution in [0.2, 0.25) is 0 Å². The average Bonchev–Trinajstić information content (AvgIpc) is 3.19. The van der Waals surface area contributed by atoms with Crippen LogP contribution in [0.4, 0.5) is 5.82 Å². The van der Waals surface area contributed by atoms with Gasteiger partial charge in [-0.2, -0.15) is 5.10 Å². The molecule has 4 rings (SSSR count). The molecule has 160 valence electrons. The fourth-order valence-corrected chi connectivity index (χ4v) is 4.66. The Hall–Kier alpha value is -2.63. The topological polar surface area (TPSA) is 86.9 Å². The van der Waals surface area contributed by atoms with Gasteiger partial charge in [0.1, 0.15) is 0 Å². The van der Waals surface area contributed by atoms with E-state index in [-0.39, 0.29) is 29.7 Å². The zero-order valence-electron chi connectivity index (χ0n) is 17.7. The summed E-state index contributed by atoms with van der Waals surface area (Å²) >= 11 is 0. The maximum absolute atomic E-state index is 12.4. The summed E-state index contributed by atoms with van der Waals surface area (Å²) in [6.45, 7) is 2.09. The van der Waals surface area contributed by atoms with Crippen molar-refractivity contribution in [1.29, 1.82) is 0 Å². The van der Waals surface area contributed by atoms with Gasteiger partial charge in [0, 0.05) is 36.1 Å². The van der Waals surface area contributed by atoms with Crippen LogP contribution in [0.3, 0.4) is 0 Å². The second kappa shape index (κ2) is 9.45. The van der Waals surface area contributed by atoms with Crippen molar-refractivity contribution in [3.8, 4) is 0 Å². The Bertz CT molecular complexity index is 851. The summed E-state index contributed by atoms with van der Waals surface area (Å²) in [4.78, 5) is 24.8. The number of aromatic amines is 1. The largest absolute Gasteiger partial charge is 0.353 e. The maximum atomic E-state index is 12.4. The van der Waals surface area contributed by atoms with E-state index >= 15 is 0 Å². The van der Waals surface area contributed by atoms with E-state index in [1.165, 1.54) is 12.0 Å². The number of hydrogen-bond acceptors (Lipinski definition) is 3. The molecular weight excluding hydrogens is 376 g/mol. The lowest BCUT2D eigenvalue weighted by atomic mass is 9.78. The third-order valence-corrected chi connectivity index (χ3v) is 6.63. The number of amides is 2. The van der Waals surface area contributed by atoms with Gasteiger partial charge in [-0.05, 0) is 37.2 Å². The van der Waals surface area contributed by atoms with Crippen LogP contribution in [0.25, 0.3) is 0 Å². The molecule has 1 heterocycles. The second-order valence-corrected chi connectivity index (χ2v) is 8.98. The van der Waals surface area contributed by atoms with Gasteiger partial charge in [0.2, 0.25) is 11.8 Å². The van der Waals surface area contributed by atoms with Gasteiger partial charge in [0.15, 0.2) is 5.82 Å². The standard InChI is InChI=1S/C24H32N4O2/c1-16(17-8-4-2-5-9-17)12-23(29)25-20-13-19(14-20)21-15-22(28-27-21)26-24(30)18-10-6-3-7-11-18/h2,4-5,8-9,15-16,18-20H,3,6-7,10-14H2,1H3,(H,25,29)(H2,26,27,28,30). The second-order valence-electron chi connectivity index (χ2n) is 8.98. The Kier molecular flexibility index (Phi) is 6.50. The molecule has 2 aliphatic carbocycles. The van der Waals surface area contributed by atoms with Crippen molar-refractivity contribution in [3.63, 3.8) is 0 Å². The van der Waals surface area contributed by atoms with Crippen LogP contribution in [-0.2, 0) is 9.59 Å². The average molecular weight is 409 g/mol. The fourth-order valence-electron chi connectivity index (χ4n) is 4.66. The monoisotopic (exact) mass is 408 g/mol. The minimum Gasteiger partial charge on any atom is -0.353 e. The van der Waals surface area contributed by atoms with Gasteiger partial charge in [-0.25, -0.2) is 0 Å². The number of hydrogen-bond donors (Lipinski definition) is 3. The van der Waals surface area contributed by atoms with E-state index in [4.69, 9.17) is 0 Å². The predicted octanol–water partition coefficient (Wildman–Crippen LogP) is 4.48. The Morgan fingerprint density at radius 2 is 1.87 bits per heavy atom. The SMILES string of the molecule is CC(CC(=O)NC1CC(c2cc(NC(=O)C3CCCCC3)n[nH]2)C1)c1ccccc1. The number of benzene rings is 1. The molecule has 1 atom stereocenters. The molecule has 1 aromatic heterocycles. The number of H-pyrrole nitrogens is 1. The number of carbonyl (C=O) groups is 2. The Morgan fingerprint density at radius 3 is 2.60 bits per heavy atom. The summed E-state index contributed by atoms with van der Waals surface area (Å²) < 4.78 is 0. The zero-order valence-corrected chi connectivity index (χ0v) is 17.7. The van der Waals surface area contributed by atoms with Crippen molar-refractivity contribution in [3.05, 3.63) is 47.7 Å². The lowest BCUT2D eigenvalue weighted by Gasteiger charge is -2.35. The summed E-state index contributed by atoms with van der Waals surface area (Å²) in [5.41, 5.74) is 2.23. The highest BCUT2D eigenvalue weighted by Gasteiger charge is 2.33. The fraction of sp³-hybridized carbons (Fsp3) is 0.542. The van der Waals surface area contributed by atoms with Crippen molar-refractivity contribution in [2.24, 2.45) is 5.92 Å². The lowest BCUT2D eigenvalue weighted by molar-refractivity contribution is -0.123. The minimum atomic E-state index is 0.0963. The molecule has 0 spiro atoms. The van der Waals surface area contributed by atoms with Crippen molar-refractivity contribution >= 4 is 17.6 Å². The van der Waals surface area contributed by atoms with Crippen molar-refractivity contribution < 1.29 is 9.59 Å². The van der Waals surface area contributed by atoms with Crippen LogP contribution < -0.4 is 10.6 Å². The first-order valence-electron chi connectivity index (χ1n) is 11.3. The smallest absolute Gasteiger partial charge is 0.228 e. The number of anilines is 1. The molecule has 0 aliphatic heterocycles. The number of nitrogens with zero attached hydrogens (tertiary/aromatic N) is 1. The molecule has 2 amide bonds. The summed E-state index contributed by atoms with van der Waals surface area (Å²) in [7, 11) is 0. The normalized spacial score (nSPS) is 22.7. The van der Waals surface area contributed by atoms with Crippen molar-refractivity contribution in [2.45, 2.75) is 76.2 Å². The summed E-state index contributed by atoms with van der Waals surface area (Å²) in [5, 5.41) is 13.5. The van der Waals surface area contributed by atoms with Crippen molar-refractivity contribution in [2.75, 3.05) is 5.32 Å². The molecule has 2 aliphatic rings. The van der Waals surface area contributed by atoms with E-state index in [2.05, 4.69) is 39.9 Å². The summed E-state index contributed by atoms with van der Waals surface area (Å²) in [6, 6.07) is 12.3. The van der Waals surface area contributed by atoms with E-state index < -0.39 is 0 Å². The van der Waals surface area contributed by atoms with Crippen LogP contribution >= 0.6 is 0 Å². The highest BCUT2D eigenvalue weighted by molar-refractivity contribution is 5.91. The van der Waals surface area contributed by atoms with Gasteiger partial charge >= 0.3 is 0 Å². The lowest BCUT2D eigenvalue weighted by Crippen LogP contribution is -2.43. The van der Waals surface area contributed by atoms with Gasteiger partial charge in [0.05, 0.1) is 0 Å². The molecule has 0 radical (unpaired) electrons. The van der Waals surface area contributed by atoms with Crippen LogP contribution in [0.5, 0.6) is 0 Å². The highest BCUT2D eigenvalue weighted by atomic mass is 16.2. The summed E-state index contributed by atoms with van der Waals surface area (Å²) in [5.74, 6) is 1.52. The molecule has 30 heavy (non-hydrogen) atoms. The number of aromatic nitrogens is 2. The van der Waals surface area contributed by atoms with Crippen LogP contribution in [-0.4, -0.2) is 28.1 Å². The molecule has 0 saturated heterocycles. The molecule has 6 nitrogen and oxygen atoms in total. The van der Waals surface area contributed by atoms with Crippen LogP contribution in [0.15, 0.2) is 36.4 Å². The Morgan fingerprint density at radius 1 is 1.13 bits per heavy atom. The van der Waals surface area contributed by atoms with Crippen molar-refractivity contribution in [1.82, 2.24) is 15.5 Å². The molecule has 1 unspecified atom stereocenters. The van der Waals surface area contributed by atoms with E-state index in [0.717, 1.165) is 44.2 Å². The van der Waals surface area contributed by atoms with E-state index in [0.29, 0.717) is 18.2 Å². The first kappa shape index (κ1) is 20.6. The maximum Gasteiger partial charge on any atom is 0.228 e. The van der Waals surface area contributed by atoms with Crippen LogP contribution in [0.1, 0.15) is 81.4 Å². The highest BCUT2D eigenvalue weighted by Crippen LogP contribution is 2.37. The first-order valence-corrected chi connectivity index (χ1v) is 11.3. The third kappa shape index (κ3) is 5.10. The van der Waals surface area contributed by atoms with Gasteiger partial charge in [-0.15, -0.1) is 0 Å². The van der Waals surface area contributed by atoms with E-state index in [9.17, 15) is 9.59 Å². The van der Waals surface area contributed by atoms with Gasteiger partial charge in [-0.1, -0.05) is 56.5 Å². The predicted molar refractivity (Wildman–Crippen MR) is 117 cm³/mol. The molecule has 2 aromatic rings. The molecular formula is C24H32N4O2. The first-order chi connectivity index (χ1) is 14.6. The molecule has 2 saturated carbocycles.